The summed E-state index contributed by atoms with van der Waals surface area (Å²) in [4.78, 5) is 26.9. The number of aromatic nitrogens is 1. The molecular weight excluding hydrogens is 505 g/mol. The second-order valence-corrected chi connectivity index (χ2v) is 10.8. The molecular formula is C25H29INO4-. The van der Waals surface area contributed by atoms with E-state index in [1.807, 2.05) is 12.1 Å². The number of phenols is 1. The quantitative estimate of drug-likeness (QED) is 0.260. The maximum absolute atomic E-state index is 12.5. The van der Waals surface area contributed by atoms with E-state index in [1.165, 1.54) is 16.6 Å². The number of ether oxygens (including phenoxy) is 1. The van der Waals surface area contributed by atoms with E-state index in [0.717, 1.165) is 5.56 Å². The molecule has 0 spiro atoms. The van der Waals surface area contributed by atoms with Gasteiger partial charge in [-0.1, -0.05) is 6.07 Å². The van der Waals surface area contributed by atoms with Gasteiger partial charge in [0.15, 0.2) is 0 Å². The Morgan fingerprint density at radius 1 is 1.06 bits per heavy atom. The van der Waals surface area contributed by atoms with Gasteiger partial charge in [0, 0.05) is 11.6 Å². The molecule has 0 radical (unpaired) electrons. The number of halogens is 1. The second-order valence-electron chi connectivity index (χ2n) is 8.01. The van der Waals surface area contributed by atoms with Crippen molar-refractivity contribution in [1.29, 1.82) is 0 Å². The first-order valence-electron chi connectivity index (χ1n) is 10.4. The molecule has 0 aliphatic rings. The zero-order valence-electron chi connectivity index (χ0n) is 18.2. The van der Waals surface area contributed by atoms with Crippen LogP contribution in [-0.4, -0.2) is 26.5 Å². The Hall–Kier alpha value is -2.35. The number of nitrogens with zero attached hydrogens (tertiary/aromatic N) is 1. The van der Waals surface area contributed by atoms with Gasteiger partial charge in [0.2, 0.25) is 0 Å². The van der Waals surface area contributed by atoms with Crippen LogP contribution >= 0.6 is 0 Å². The molecule has 0 fully saturated rings. The van der Waals surface area contributed by atoms with E-state index in [2.05, 4.69) is 30.9 Å². The van der Waals surface area contributed by atoms with Gasteiger partial charge in [-0.2, -0.15) is 0 Å². The van der Waals surface area contributed by atoms with E-state index in [1.54, 1.807) is 30.5 Å². The molecule has 1 aromatic heterocycles. The minimum absolute atomic E-state index is 0.0200. The van der Waals surface area contributed by atoms with Gasteiger partial charge in [-0.25, -0.2) is 0 Å². The molecule has 5 nitrogen and oxygen atoms in total. The van der Waals surface area contributed by atoms with Crippen molar-refractivity contribution in [2.45, 2.75) is 43.6 Å². The fourth-order valence-electron chi connectivity index (χ4n) is 3.52. The maximum atomic E-state index is 12.5. The van der Waals surface area contributed by atoms with Crippen LogP contribution in [-0.2, 0) is 16.1 Å². The summed E-state index contributed by atoms with van der Waals surface area (Å²) in [5.74, 6) is 0.212. The van der Waals surface area contributed by atoms with Gasteiger partial charge in [0.05, 0.1) is 5.52 Å². The predicted octanol–water partition coefficient (Wildman–Crippen LogP) is 2.32. The normalized spacial score (nSPS) is 12.4. The average Bonchev–Trinajstić information content (AvgIpc) is 3.20. The van der Waals surface area contributed by atoms with Crippen LogP contribution in [0.5, 0.6) is 5.75 Å². The molecule has 1 atom stereocenters. The zero-order chi connectivity index (χ0) is 22.4. The van der Waals surface area contributed by atoms with Gasteiger partial charge in [0.1, 0.15) is 5.75 Å². The number of rotatable bonds is 9. The number of phenolic OH excluding ortho intramolecular Hbond substituents is 1. The fraction of sp³-hybridized carbons (Fsp3) is 0.360. The van der Waals surface area contributed by atoms with Crippen molar-refractivity contribution in [2.75, 3.05) is 4.93 Å². The summed E-state index contributed by atoms with van der Waals surface area (Å²) in [7, 11) is 0. The Bertz CT molecular complexity index is 1040. The molecule has 166 valence electrons. The van der Waals surface area contributed by atoms with E-state index in [9.17, 15) is 14.7 Å². The molecule has 31 heavy (non-hydrogen) atoms. The Labute approximate surface area is 193 Å². The van der Waals surface area contributed by atoms with Crippen LogP contribution in [0.4, 0.5) is 0 Å². The molecule has 1 unspecified atom stereocenters. The summed E-state index contributed by atoms with van der Waals surface area (Å²) in [5, 5.41) is 10.5. The van der Waals surface area contributed by atoms with Gasteiger partial charge in [-0.05, 0) is 18.2 Å². The third-order valence-electron chi connectivity index (χ3n) is 5.20. The van der Waals surface area contributed by atoms with Gasteiger partial charge in [0.25, 0.3) is 0 Å². The molecule has 0 aliphatic heterocycles. The van der Waals surface area contributed by atoms with Gasteiger partial charge in [-0.3, -0.25) is 0 Å². The molecule has 1 N–H and O–H groups in total. The standard InChI is InChI=1S/C25H29INO4/c1-17(2)15-21(26-3)19-9-7-18(8-10-19)16-31-25(30)12-11-24(29)27-14-13-20-22(27)5-4-6-23(20)28/h4-10,13-14,17,21,28H,11-12,15-16H2,1-3H3/q-1. The van der Waals surface area contributed by atoms with Crippen molar-refractivity contribution < 1.29 is 40.6 Å². The Kier molecular flexibility index (Phi) is 8.12. The molecule has 0 bridgehead atoms. The van der Waals surface area contributed by atoms with Crippen LogP contribution in [0.1, 0.15) is 53.0 Å². The predicted molar refractivity (Wildman–Crippen MR) is 118 cm³/mol. The summed E-state index contributed by atoms with van der Waals surface area (Å²) >= 11 is 0.126. The van der Waals surface area contributed by atoms with Crippen molar-refractivity contribution in [1.82, 2.24) is 4.57 Å². The number of benzene rings is 2. The molecule has 2 aromatic carbocycles. The first-order valence-corrected chi connectivity index (χ1v) is 13.8. The summed E-state index contributed by atoms with van der Waals surface area (Å²) in [6.45, 7) is 4.73. The SMILES string of the molecule is C[I-]C(CC(C)C)c1ccc(COC(=O)CCC(=O)n2ccc3c(O)cccc32)cc1. The topological polar surface area (TPSA) is 68.5 Å². The number of carbonyl (C=O) groups is 2. The van der Waals surface area contributed by atoms with Gasteiger partial charge >= 0.3 is 142 Å². The number of esters is 1. The molecule has 3 aromatic rings. The molecule has 0 saturated heterocycles. The van der Waals surface area contributed by atoms with E-state index in [4.69, 9.17) is 4.74 Å². The number of aromatic hydroxyl groups is 1. The second kappa shape index (κ2) is 10.8. The Morgan fingerprint density at radius 2 is 1.81 bits per heavy atom. The molecule has 0 aliphatic carbocycles. The van der Waals surface area contributed by atoms with Gasteiger partial charge in [-0.15, -0.1) is 0 Å². The minimum atomic E-state index is -0.395. The number of hydrogen-bond donors (Lipinski definition) is 1. The Balaban J connectivity index is 1.50. The number of fused-ring (bicyclic) bond motifs is 1. The van der Waals surface area contributed by atoms with E-state index in [-0.39, 0.29) is 52.3 Å². The van der Waals surface area contributed by atoms with Crippen molar-refractivity contribution in [3.63, 3.8) is 0 Å². The van der Waals surface area contributed by atoms with Crippen molar-refractivity contribution >= 4 is 22.8 Å². The monoisotopic (exact) mass is 534 g/mol. The molecule has 0 amide bonds. The van der Waals surface area contributed by atoms with Crippen LogP contribution < -0.4 is 21.2 Å². The number of hydrogen-bond acceptors (Lipinski definition) is 4. The van der Waals surface area contributed by atoms with E-state index in [0.29, 0.717) is 20.7 Å². The summed E-state index contributed by atoms with van der Waals surface area (Å²) in [6.07, 6.45) is 2.90. The molecule has 3 rings (SSSR count). The fourth-order valence-corrected chi connectivity index (χ4v) is 6.18. The summed E-state index contributed by atoms with van der Waals surface area (Å²) in [5.41, 5.74) is 2.95. The number of carbonyl (C=O) groups excluding carboxylic acids is 2. The van der Waals surface area contributed by atoms with Crippen LogP contribution in [0, 0.1) is 5.92 Å². The van der Waals surface area contributed by atoms with Crippen molar-refractivity contribution in [3.8, 4) is 5.75 Å². The first-order chi connectivity index (χ1) is 14.9. The van der Waals surface area contributed by atoms with Gasteiger partial charge < -0.3 is 5.11 Å². The van der Waals surface area contributed by atoms with Crippen LogP contribution in [0.15, 0.2) is 54.7 Å². The summed E-state index contributed by atoms with van der Waals surface area (Å²) in [6, 6.07) is 15.1. The van der Waals surface area contributed by atoms with Crippen LogP contribution in [0.2, 0.25) is 0 Å². The molecule has 6 heteroatoms. The average molecular weight is 534 g/mol. The van der Waals surface area contributed by atoms with Crippen molar-refractivity contribution in [3.05, 3.63) is 65.9 Å². The van der Waals surface area contributed by atoms with Crippen LogP contribution in [0.3, 0.4) is 0 Å². The third kappa shape index (κ3) is 6.09. The van der Waals surface area contributed by atoms with E-state index < -0.39 is 5.97 Å². The molecule has 1 heterocycles. The first kappa shape index (κ1) is 23.3. The van der Waals surface area contributed by atoms with E-state index >= 15 is 0 Å². The number of alkyl halides is 2. The van der Waals surface area contributed by atoms with Crippen LogP contribution in [0.25, 0.3) is 10.9 Å². The summed E-state index contributed by atoms with van der Waals surface area (Å²) < 4.78 is 7.48. The zero-order valence-corrected chi connectivity index (χ0v) is 20.3. The third-order valence-corrected chi connectivity index (χ3v) is 7.94. The molecule has 0 saturated carbocycles. The van der Waals surface area contributed by atoms with Crippen molar-refractivity contribution in [2.24, 2.45) is 5.92 Å². The Morgan fingerprint density at radius 3 is 2.48 bits per heavy atom.